The molecule has 1 aliphatic rings. The molecule has 0 saturated carbocycles. The van der Waals surface area contributed by atoms with Crippen molar-refractivity contribution in [3.05, 3.63) is 53.1 Å². The number of carboxylic acids is 1. The third-order valence-corrected chi connectivity index (χ3v) is 7.50. The lowest BCUT2D eigenvalue weighted by molar-refractivity contribution is -0.136. The highest BCUT2D eigenvalue weighted by molar-refractivity contribution is 7.99. The third kappa shape index (κ3) is 4.80. The van der Waals surface area contributed by atoms with Gasteiger partial charge in [-0.25, -0.2) is 4.98 Å². The van der Waals surface area contributed by atoms with Gasteiger partial charge in [-0.05, 0) is 54.7 Å². The van der Waals surface area contributed by atoms with Gasteiger partial charge >= 0.3 is 5.97 Å². The Hall–Kier alpha value is -1.76. The van der Waals surface area contributed by atoms with Crippen LogP contribution >= 0.6 is 34.7 Å². The maximum Gasteiger partial charge on any atom is 0.307 e. The zero-order valence-corrected chi connectivity index (χ0v) is 17.7. The van der Waals surface area contributed by atoms with Crippen LogP contribution in [0.4, 0.5) is 5.13 Å². The molecule has 3 aromatic rings. The first-order chi connectivity index (χ1) is 13.6. The van der Waals surface area contributed by atoms with Crippen molar-refractivity contribution in [2.24, 2.45) is 5.92 Å². The van der Waals surface area contributed by atoms with E-state index in [1.165, 1.54) is 0 Å². The second-order valence-electron chi connectivity index (χ2n) is 7.07. The van der Waals surface area contributed by atoms with Crippen LogP contribution in [-0.4, -0.2) is 34.9 Å². The number of benzene rings is 2. The summed E-state index contributed by atoms with van der Waals surface area (Å²) in [7, 11) is 0. The molecule has 4 rings (SSSR count). The molecule has 1 N–H and O–H groups in total. The zero-order chi connectivity index (χ0) is 19.5. The van der Waals surface area contributed by atoms with Crippen LogP contribution in [0.1, 0.15) is 18.4 Å². The maximum atomic E-state index is 10.9. The monoisotopic (exact) mass is 432 g/mol. The summed E-state index contributed by atoms with van der Waals surface area (Å²) < 4.78 is 1.14. The standard InChI is InChI=1S/C21H21ClN2O2S2/c22-16-4-5-18-19(12-16)28-21(23-18)24-8-6-14(7-9-24)13-27-17-3-1-2-15(10-17)11-20(25)26/h1-5,10,12,14H,6-9,11,13H2,(H,25,26). The molecule has 1 aliphatic heterocycles. The van der Waals surface area contributed by atoms with Gasteiger partial charge in [0.15, 0.2) is 5.13 Å². The Balaban J connectivity index is 1.31. The zero-order valence-electron chi connectivity index (χ0n) is 15.3. The van der Waals surface area contributed by atoms with E-state index in [1.807, 2.05) is 48.2 Å². The summed E-state index contributed by atoms with van der Waals surface area (Å²) in [5, 5.41) is 10.8. The van der Waals surface area contributed by atoms with Crippen molar-refractivity contribution in [1.29, 1.82) is 0 Å². The number of nitrogens with zero attached hydrogens (tertiary/aromatic N) is 2. The van der Waals surface area contributed by atoms with Gasteiger partial charge in [-0.3, -0.25) is 4.79 Å². The van der Waals surface area contributed by atoms with Gasteiger partial charge in [0.25, 0.3) is 0 Å². The summed E-state index contributed by atoms with van der Waals surface area (Å²) >= 11 is 9.63. The molecule has 28 heavy (non-hydrogen) atoms. The number of thioether (sulfide) groups is 1. The quantitative estimate of drug-likeness (QED) is 0.515. The Morgan fingerprint density at radius 1 is 1.25 bits per heavy atom. The van der Waals surface area contributed by atoms with Gasteiger partial charge in [0.05, 0.1) is 16.6 Å². The molecule has 0 amide bonds. The minimum absolute atomic E-state index is 0.0835. The van der Waals surface area contributed by atoms with Gasteiger partial charge in [-0.15, -0.1) is 11.8 Å². The SMILES string of the molecule is O=C(O)Cc1cccc(SCC2CCN(c3nc4ccc(Cl)cc4s3)CC2)c1. The number of anilines is 1. The molecule has 7 heteroatoms. The van der Waals surface area contributed by atoms with Crippen LogP contribution in [0.2, 0.25) is 5.02 Å². The molecule has 0 unspecified atom stereocenters. The molecule has 0 aliphatic carbocycles. The van der Waals surface area contributed by atoms with Gasteiger partial charge in [0.2, 0.25) is 0 Å². The molecule has 0 radical (unpaired) electrons. The normalized spacial score (nSPS) is 15.2. The van der Waals surface area contributed by atoms with E-state index in [1.54, 1.807) is 11.3 Å². The lowest BCUT2D eigenvalue weighted by Crippen LogP contribution is -2.34. The van der Waals surface area contributed by atoms with Crippen molar-refractivity contribution >= 4 is 56.0 Å². The number of aliphatic carboxylic acids is 1. The summed E-state index contributed by atoms with van der Waals surface area (Å²) in [4.78, 5) is 19.2. The smallest absolute Gasteiger partial charge is 0.307 e. The van der Waals surface area contributed by atoms with Crippen LogP contribution in [0.3, 0.4) is 0 Å². The summed E-state index contributed by atoms with van der Waals surface area (Å²) in [6.45, 7) is 2.05. The van der Waals surface area contributed by atoms with Crippen molar-refractivity contribution < 1.29 is 9.90 Å². The fraction of sp³-hybridized carbons (Fsp3) is 0.333. The van der Waals surface area contributed by atoms with Crippen LogP contribution in [-0.2, 0) is 11.2 Å². The highest BCUT2D eigenvalue weighted by Crippen LogP contribution is 2.34. The largest absolute Gasteiger partial charge is 0.481 e. The van der Waals surface area contributed by atoms with Crippen molar-refractivity contribution in [2.75, 3.05) is 23.7 Å². The van der Waals surface area contributed by atoms with E-state index < -0.39 is 5.97 Å². The third-order valence-electron chi connectivity index (χ3n) is 4.96. The molecule has 1 saturated heterocycles. The van der Waals surface area contributed by atoms with E-state index >= 15 is 0 Å². The van der Waals surface area contributed by atoms with Gasteiger partial charge in [0, 0.05) is 28.8 Å². The molecule has 1 fully saturated rings. The molecule has 2 aromatic carbocycles. The minimum atomic E-state index is -0.786. The number of fused-ring (bicyclic) bond motifs is 1. The molecule has 0 atom stereocenters. The number of halogens is 1. The lowest BCUT2D eigenvalue weighted by Gasteiger charge is -2.31. The lowest BCUT2D eigenvalue weighted by atomic mass is 9.99. The highest BCUT2D eigenvalue weighted by atomic mass is 35.5. The number of piperidine rings is 1. The maximum absolute atomic E-state index is 10.9. The molecular weight excluding hydrogens is 412 g/mol. The molecule has 146 valence electrons. The van der Waals surface area contributed by atoms with E-state index in [9.17, 15) is 4.79 Å². The summed E-state index contributed by atoms with van der Waals surface area (Å²) in [5.41, 5.74) is 1.88. The van der Waals surface area contributed by atoms with Crippen molar-refractivity contribution in [2.45, 2.75) is 24.2 Å². The summed E-state index contributed by atoms with van der Waals surface area (Å²) in [6.07, 6.45) is 2.39. The van der Waals surface area contributed by atoms with Crippen LogP contribution in [0.25, 0.3) is 10.2 Å². The molecule has 1 aromatic heterocycles. The van der Waals surface area contributed by atoms with Crippen molar-refractivity contribution in [3.8, 4) is 0 Å². The highest BCUT2D eigenvalue weighted by Gasteiger charge is 2.22. The first-order valence-corrected chi connectivity index (χ1v) is 11.5. The van der Waals surface area contributed by atoms with E-state index in [0.29, 0.717) is 5.92 Å². The number of carboxylic acid groups (broad SMARTS) is 1. The van der Waals surface area contributed by atoms with Crippen molar-refractivity contribution in [3.63, 3.8) is 0 Å². The van der Waals surface area contributed by atoms with E-state index in [2.05, 4.69) is 11.0 Å². The van der Waals surface area contributed by atoms with E-state index in [-0.39, 0.29) is 6.42 Å². The minimum Gasteiger partial charge on any atom is -0.481 e. The molecule has 0 bridgehead atoms. The Morgan fingerprint density at radius 2 is 2.07 bits per heavy atom. The topological polar surface area (TPSA) is 53.4 Å². The summed E-state index contributed by atoms with van der Waals surface area (Å²) in [6, 6.07) is 13.8. The number of hydrogen-bond acceptors (Lipinski definition) is 5. The van der Waals surface area contributed by atoms with Crippen LogP contribution < -0.4 is 4.90 Å². The first kappa shape index (κ1) is 19.6. The van der Waals surface area contributed by atoms with Gasteiger partial charge in [-0.1, -0.05) is 35.1 Å². The summed E-state index contributed by atoms with van der Waals surface area (Å²) in [5.74, 6) is 0.958. The van der Waals surface area contributed by atoms with E-state index in [0.717, 1.165) is 62.5 Å². The Bertz CT molecular complexity index is 983. The average Bonchev–Trinajstić information content (AvgIpc) is 3.10. The second-order valence-corrected chi connectivity index (χ2v) is 9.61. The molecule has 2 heterocycles. The number of thiazole rings is 1. The Kier molecular flexibility index (Phi) is 6.09. The number of rotatable bonds is 6. The van der Waals surface area contributed by atoms with E-state index in [4.69, 9.17) is 21.7 Å². The molecular formula is C21H21ClN2O2S2. The fourth-order valence-corrected chi connectivity index (χ4v) is 5.91. The predicted molar refractivity (Wildman–Crippen MR) is 118 cm³/mol. The molecule has 4 nitrogen and oxygen atoms in total. The Morgan fingerprint density at radius 3 is 2.86 bits per heavy atom. The van der Waals surface area contributed by atoms with Crippen molar-refractivity contribution in [1.82, 2.24) is 4.98 Å². The number of aromatic nitrogens is 1. The van der Waals surface area contributed by atoms with Gasteiger partial charge in [-0.2, -0.15) is 0 Å². The van der Waals surface area contributed by atoms with Crippen LogP contribution in [0.5, 0.6) is 0 Å². The second kappa shape index (κ2) is 8.72. The van der Waals surface area contributed by atoms with Gasteiger partial charge in [0.1, 0.15) is 0 Å². The van der Waals surface area contributed by atoms with Crippen LogP contribution in [0.15, 0.2) is 47.4 Å². The average molecular weight is 433 g/mol. The number of carbonyl (C=O) groups is 1. The molecule has 0 spiro atoms. The first-order valence-electron chi connectivity index (χ1n) is 9.31. The van der Waals surface area contributed by atoms with Crippen LogP contribution in [0, 0.1) is 5.92 Å². The predicted octanol–water partition coefficient (Wildman–Crippen LogP) is 5.59. The number of hydrogen-bond donors (Lipinski definition) is 1. The fourth-order valence-electron chi connectivity index (χ4n) is 3.45. The Labute approximate surface area is 177 Å². The van der Waals surface area contributed by atoms with Gasteiger partial charge < -0.3 is 10.0 Å².